The van der Waals surface area contributed by atoms with Crippen LogP contribution in [0.25, 0.3) is 0 Å². The molecule has 6 nitrogen and oxygen atoms in total. The van der Waals surface area contributed by atoms with Gasteiger partial charge in [-0.3, -0.25) is 0 Å². The summed E-state index contributed by atoms with van der Waals surface area (Å²) in [5.74, 6) is 0.718. The molecule has 0 aromatic heterocycles. The molecule has 0 saturated heterocycles. The van der Waals surface area contributed by atoms with Gasteiger partial charge in [0.2, 0.25) is 0 Å². The minimum absolute atomic E-state index is 0.156. The lowest BCUT2D eigenvalue weighted by molar-refractivity contribution is -0.137. The van der Waals surface area contributed by atoms with Crippen molar-refractivity contribution in [2.75, 3.05) is 58.7 Å². The van der Waals surface area contributed by atoms with Gasteiger partial charge in [-0.25, -0.2) is 0 Å². The second kappa shape index (κ2) is 10.6. The third-order valence-electron chi connectivity index (χ3n) is 4.68. The Morgan fingerprint density at radius 3 is 2.29 bits per heavy atom. The number of hydrogen-bond donors (Lipinski definition) is 2. The largest absolute Gasteiger partial charge is 0.493 e. The topological polar surface area (TPSA) is 57.2 Å². The van der Waals surface area contributed by atoms with E-state index >= 15 is 0 Å². The molecule has 172 valence electrons. The molecule has 0 fully saturated rings. The maximum Gasteiger partial charge on any atom is 0.416 e. The Labute approximate surface area is 194 Å². The van der Waals surface area contributed by atoms with Crippen LogP contribution < -0.4 is 19.7 Å². The van der Waals surface area contributed by atoms with Crippen molar-refractivity contribution in [1.82, 2.24) is 4.90 Å². The van der Waals surface area contributed by atoms with Crippen molar-refractivity contribution in [3.8, 4) is 11.5 Å². The summed E-state index contributed by atoms with van der Waals surface area (Å²) >= 11 is 2.07. The second-order valence-corrected chi connectivity index (χ2v) is 8.48. The molecule has 0 bridgehead atoms. The van der Waals surface area contributed by atoms with Gasteiger partial charge < -0.3 is 29.7 Å². The van der Waals surface area contributed by atoms with Crippen molar-refractivity contribution in [2.45, 2.75) is 12.4 Å². The van der Waals surface area contributed by atoms with Crippen LogP contribution in [-0.2, 0) is 6.18 Å². The van der Waals surface area contributed by atoms with Gasteiger partial charge in [0.15, 0.2) is 17.7 Å². The minimum atomic E-state index is -4.51. The van der Waals surface area contributed by atoms with Crippen LogP contribution in [0.3, 0.4) is 0 Å². The zero-order valence-corrected chi connectivity index (χ0v) is 20.2. The molecular formula is C21H27F3IN3O3. The SMILES string of the molecule is COc1cc(I)cc(C(O)Nc2cc(C(F)(F)F)ccc2N(C)CCN(C)C)c1OC. The fourth-order valence-electron chi connectivity index (χ4n) is 3.02. The zero-order chi connectivity index (χ0) is 23.3. The summed E-state index contributed by atoms with van der Waals surface area (Å²) in [6.07, 6.45) is -5.84. The molecular weight excluding hydrogens is 526 g/mol. The summed E-state index contributed by atoms with van der Waals surface area (Å²) in [7, 11) is 8.53. The molecule has 0 aliphatic carbocycles. The van der Waals surface area contributed by atoms with E-state index in [0.717, 1.165) is 15.7 Å². The number of hydrogen-bond acceptors (Lipinski definition) is 6. The van der Waals surface area contributed by atoms with E-state index < -0.39 is 18.0 Å². The lowest BCUT2D eigenvalue weighted by Crippen LogP contribution is -2.29. The van der Waals surface area contributed by atoms with E-state index in [1.54, 1.807) is 19.2 Å². The molecule has 2 N–H and O–H groups in total. The molecule has 0 aliphatic heterocycles. The van der Waals surface area contributed by atoms with E-state index in [2.05, 4.69) is 27.9 Å². The van der Waals surface area contributed by atoms with Gasteiger partial charge >= 0.3 is 6.18 Å². The number of likely N-dealkylation sites (N-methyl/N-ethyl adjacent to an activating group) is 2. The Bertz CT molecular complexity index is 894. The van der Waals surface area contributed by atoms with Crippen molar-refractivity contribution in [2.24, 2.45) is 0 Å². The molecule has 1 atom stereocenters. The van der Waals surface area contributed by atoms with Gasteiger partial charge in [-0.15, -0.1) is 0 Å². The number of halogens is 4. The van der Waals surface area contributed by atoms with Crippen molar-refractivity contribution in [3.05, 3.63) is 45.0 Å². The zero-order valence-electron chi connectivity index (χ0n) is 18.0. The number of nitrogens with zero attached hydrogens (tertiary/aromatic N) is 2. The van der Waals surface area contributed by atoms with Crippen LogP contribution in [0.15, 0.2) is 30.3 Å². The Balaban J connectivity index is 2.47. The quantitative estimate of drug-likeness (QED) is 0.354. The van der Waals surface area contributed by atoms with Gasteiger partial charge in [0.25, 0.3) is 0 Å². The Morgan fingerprint density at radius 1 is 1.06 bits per heavy atom. The number of aliphatic hydroxyl groups excluding tert-OH is 1. The predicted octanol–water partition coefficient (Wildman–Crippen LogP) is 4.43. The molecule has 0 amide bonds. The first-order valence-corrected chi connectivity index (χ1v) is 10.5. The first kappa shape index (κ1) is 25.3. The van der Waals surface area contributed by atoms with Gasteiger partial charge in [-0.05, 0) is 67.0 Å². The van der Waals surface area contributed by atoms with Crippen molar-refractivity contribution in [1.29, 1.82) is 0 Å². The average Bonchev–Trinajstić information content (AvgIpc) is 2.70. The predicted molar refractivity (Wildman–Crippen MR) is 124 cm³/mol. The number of methoxy groups -OCH3 is 2. The standard InChI is InChI=1S/C21H27F3IN3O3/c1-27(2)8-9-28(3)17-7-6-13(21(22,23)24)10-16(17)26-20(29)15-11-14(25)12-18(30-4)19(15)31-5/h6-7,10-12,20,26,29H,8-9H2,1-5H3. The normalized spacial score (nSPS) is 12.6. The van der Waals surface area contributed by atoms with Gasteiger partial charge in [0, 0.05) is 29.3 Å². The second-order valence-electron chi connectivity index (χ2n) is 7.23. The fourth-order valence-corrected chi connectivity index (χ4v) is 3.64. The highest BCUT2D eigenvalue weighted by atomic mass is 127. The van der Waals surface area contributed by atoms with Crippen LogP contribution in [0.1, 0.15) is 17.4 Å². The third kappa shape index (κ3) is 6.53. The molecule has 0 radical (unpaired) electrons. The smallest absolute Gasteiger partial charge is 0.416 e. The van der Waals surface area contributed by atoms with Crippen LogP contribution in [0.4, 0.5) is 24.5 Å². The third-order valence-corrected chi connectivity index (χ3v) is 5.30. The maximum absolute atomic E-state index is 13.3. The summed E-state index contributed by atoms with van der Waals surface area (Å²) in [4.78, 5) is 3.81. The van der Waals surface area contributed by atoms with E-state index in [9.17, 15) is 18.3 Å². The monoisotopic (exact) mass is 553 g/mol. The van der Waals surface area contributed by atoms with Crippen LogP contribution in [0.2, 0.25) is 0 Å². The fraction of sp³-hybridized carbons (Fsp3) is 0.429. The number of nitrogens with one attached hydrogen (secondary N) is 1. The van der Waals surface area contributed by atoms with Gasteiger partial charge in [0.1, 0.15) is 0 Å². The lowest BCUT2D eigenvalue weighted by atomic mass is 10.1. The molecule has 0 heterocycles. The number of aliphatic hydroxyl groups is 1. The molecule has 0 saturated carbocycles. The number of anilines is 2. The van der Waals surface area contributed by atoms with Crippen LogP contribution in [-0.4, -0.2) is 58.5 Å². The number of benzene rings is 2. The van der Waals surface area contributed by atoms with Gasteiger partial charge in [-0.1, -0.05) is 0 Å². The van der Waals surface area contributed by atoms with E-state index in [1.165, 1.54) is 20.3 Å². The van der Waals surface area contributed by atoms with Crippen molar-refractivity contribution < 1.29 is 27.8 Å². The molecule has 10 heteroatoms. The van der Waals surface area contributed by atoms with E-state index in [4.69, 9.17) is 9.47 Å². The maximum atomic E-state index is 13.3. The highest BCUT2D eigenvalue weighted by Crippen LogP contribution is 2.40. The first-order chi connectivity index (χ1) is 14.5. The summed E-state index contributed by atoms with van der Waals surface area (Å²) in [6, 6.07) is 6.86. The van der Waals surface area contributed by atoms with E-state index in [-0.39, 0.29) is 5.69 Å². The Kier molecular flexibility index (Phi) is 8.66. The van der Waals surface area contributed by atoms with Crippen LogP contribution >= 0.6 is 22.6 Å². The molecule has 1 unspecified atom stereocenters. The lowest BCUT2D eigenvalue weighted by Gasteiger charge is -2.27. The van der Waals surface area contributed by atoms with Crippen molar-refractivity contribution >= 4 is 34.0 Å². The number of rotatable bonds is 9. The van der Waals surface area contributed by atoms with Gasteiger partial charge in [-0.2, -0.15) is 13.2 Å². The number of alkyl halides is 3. The van der Waals surface area contributed by atoms with Crippen LogP contribution in [0.5, 0.6) is 11.5 Å². The van der Waals surface area contributed by atoms with Crippen LogP contribution in [0, 0.1) is 3.57 Å². The van der Waals surface area contributed by atoms with E-state index in [1.807, 2.05) is 23.9 Å². The minimum Gasteiger partial charge on any atom is -0.493 e. The molecule has 2 aromatic carbocycles. The summed E-state index contributed by atoms with van der Waals surface area (Å²) in [6.45, 7) is 1.30. The molecule has 0 spiro atoms. The molecule has 0 aliphatic rings. The Morgan fingerprint density at radius 2 is 1.74 bits per heavy atom. The summed E-state index contributed by atoms with van der Waals surface area (Å²) in [5.41, 5.74) is 0.235. The summed E-state index contributed by atoms with van der Waals surface area (Å²) in [5, 5.41) is 13.7. The average molecular weight is 553 g/mol. The molecule has 31 heavy (non-hydrogen) atoms. The summed E-state index contributed by atoms with van der Waals surface area (Å²) < 4.78 is 51.5. The van der Waals surface area contributed by atoms with E-state index in [0.29, 0.717) is 35.8 Å². The first-order valence-electron chi connectivity index (χ1n) is 9.41. The molecule has 2 aromatic rings. The number of ether oxygens (including phenoxy) is 2. The van der Waals surface area contributed by atoms with Gasteiger partial charge in [0.05, 0.1) is 31.2 Å². The Hall–Kier alpha value is -1.92. The van der Waals surface area contributed by atoms with Crippen molar-refractivity contribution in [3.63, 3.8) is 0 Å². The highest BCUT2D eigenvalue weighted by Gasteiger charge is 2.32. The highest BCUT2D eigenvalue weighted by molar-refractivity contribution is 14.1. The molecule has 2 rings (SSSR count).